The second-order valence-corrected chi connectivity index (χ2v) is 7.60. The molecule has 0 aromatic carbocycles. The van der Waals surface area contributed by atoms with Crippen LogP contribution in [0.4, 0.5) is 0 Å². The van der Waals surface area contributed by atoms with Crippen LogP contribution in [0, 0.1) is 5.41 Å². The van der Waals surface area contributed by atoms with Crippen molar-refractivity contribution in [2.24, 2.45) is 5.41 Å². The molecule has 0 aliphatic carbocycles. The van der Waals surface area contributed by atoms with Crippen LogP contribution in [0.3, 0.4) is 0 Å². The molecule has 0 saturated heterocycles. The molecule has 6 nitrogen and oxygen atoms in total. The monoisotopic (exact) mass is 302 g/mol. The van der Waals surface area contributed by atoms with E-state index in [-0.39, 0.29) is 28.2 Å². The quantitative estimate of drug-likeness (QED) is 0.918. The zero-order valence-electron chi connectivity index (χ0n) is 12.7. The Kier molecular flexibility index (Phi) is 4.66. The molecular formula is C13H22N2O4S. The van der Waals surface area contributed by atoms with Crippen LogP contribution in [-0.4, -0.2) is 39.4 Å². The number of amides is 1. The highest BCUT2D eigenvalue weighted by Crippen LogP contribution is 2.25. The van der Waals surface area contributed by atoms with Gasteiger partial charge >= 0.3 is 0 Å². The largest absolute Gasteiger partial charge is 0.438 e. The van der Waals surface area contributed by atoms with Gasteiger partial charge in [-0.25, -0.2) is 13.1 Å². The highest BCUT2D eigenvalue weighted by molar-refractivity contribution is 7.89. The number of hydrogen-bond donors (Lipinski definition) is 1. The molecule has 0 aliphatic rings. The number of hydrogen-bond acceptors (Lipinski definition) is 4. The molecule has 1 N–H and O–H groups in total. The lowest BCUT2D eigenvalue weighted by atomic mass is 9.87. The van der Waals surface area contributed by atoms with Crippen LogP contribution in [0.1, 0.15) is 38.2 Å². The Balaban J connectivity index is 3.00. The first-order valence-corrected chi connectivity index (χ1v) is 7.79. The van der Waals surface area contributed by atoms with Crippen molar-refractivity contribution in [1.82, 2.24) is 9.62 Å². The summed E-state index contributed by atoms with van der Waals surface area (Å²) in [5, 5.41) is -0.264. The van der Waals surface area contributed by atoms with Gasteiger partial charge in [0.2, 0.25) is 5.09 Å². The predicted octanol–water partition coefficient (Wildman–Crippen LogP) is 1.69. The van der Waals surface area contributed by atoms with Crippen molar-refractivity contribution in [3.63, 3.8) is 0 Å². The third-order valence-electron chi connectivity index (χ3n) is 3.48. The molecule has 1 unspecified atom stereocenters. The Bertz CT molecular complexity index is 584. The van der Waals surface area contributed by atoms with E-state index in [1.807, 2.05) is 27.7 Å². The topological polar surface area (TPSA) is 79.6 Å². The first kappa shape index (κ1) is 16.7. The zero-order valence-corrected chi connectivity index (χ0v) is 13.5. The summed E-state index contributed by atoms with van der Waals surface area (Å²) in [6.45, 7) is 8.02. The van der Waals surface area contributed by atoms with Gasteiger partial charge in [0, 0.05) is 13.1 Å². The summed E-state index contributed by atoms with van der Waals surface area (Å²) in [5.74, 6) is -0.331. The summed E-state index contributed by atoms with van der Waals surface area (Å²) in [7, 11) is -0.714. The first-order chi connectivity index (χ1) is 9.00. The molecule has 1 aromatic heterocycles. The summed E-state index contributed by atoms with van der Waals surface area (Å²) in [5.41, 5.74) is -0.0864. The summed E-state index contributed by atoms with van der Waals surface area (Å²) < 4.78 is 30.4. The lowest BCUT2D eigenvalue weighted by Gasteiger charge is -2.34. The Morgan fingerprint density at radius 1 is 1.35 bits per heavy atom. The molecule has 1 amide bonds. The van der Waals surface area contributed by atoms with E-state index in [9.17, 15) is 13.2 Å². The molecule has 1 heterocycles. The highest BCUT2D eigenvalue weighted by Gasteiger charge is 2.29. The van der Waals surface area contributed by atoms with Crippen molar-refractivity contribution < 1.29 is 17.6 Å². The average molecular weight is 302 g/mol. The van der Waals surface area contributed by atoms with Gasteiger partial charge in [0.1, 0.15) is 0 Å². The van der Waals surface area contributed by atoms with Crippen molar-refractivity contribution in [3.05, 3.63) is 17.9 Å². The average Bonchev–Trinajstić information content (AvgIpc) is 2.85. The second kappa shape index (κ2) is 5.57. The van der Waals surface area contributed by atoms with Crippen LogP contribution in [0.25, 0.3) is 0 Å². The van der Waals surface area contributed by atoms with Gasteiger partial charge in [0.05, 0.1) is 0 Å². The van der Waals surface area contributed by atoms with E-state index >= 15 is 0 Å². The van der Waals surface area contributed by atoms with E-state index in [2.05, 4.69) is 4.72 Å². The minimum absolute atomic E-state index is 0.0115. The van der Waals surface area contributed by atoms with E-state index in [1.165, 1.54) is 19.2 Å². The molecule has 114 valence electrons. The van der Waals surface area contributed by atoms with Gasteiger partial charge in [-0.3, -0.25) is 4.79 Å². The van der Waals surface area contributed by atoms with Crippen LogP contribution in [-0.2, 0) is 10.0 Å². The summed E-state index contributed by atoms with van der Waals surface area (Å²) in [6, 6.07) is 2.62. The summed E-state index contributed by atoms with van der Waals surface area (Å²) in [6.07, 6.45) is 0. The fraction of sp³-hybridized carbons (Fsp3) is 0.615. The Hall–Kier alpha value is -1.34. The third kappa shape index (κ3) is 3.40. The fourth-order valence-corrected chi connectivity index (χ4v) is 2.26. The van der Waals surface area contributed by atoms with E-state index in [0.29, 0.717) is 0 Å². The van der Waals surface area contributed by atoms with Crippen LogP contribution in [0.2, 0.25) is 0 Å². The van der Waals surface area contributed by atoms with Crippen LogP contribution in [0.15, 0.2) is 21.6 Å². The number of furan rings is 1. The summed E-state index contributed by atoms with van der Waals surface area (Å²) in [4.78, 5) is 13.8. The zero-order chi connectivity index (χ0) is 15.7. The SMILES string of the molecule is CNS(=O)(=O)c1ccc(C(=O)N(C)C(C)C(C)(C)C)o1. The minimum atomic E-state index is -3.67. The third-order valence-corrected chi connectivity index (χ3v) is 4.77. The lowest BCUT2D eigenvalue weighted by molar-refractivity contribution is 0.0592. The molecule has 0 saturated carbocycles. The minimum Gasteiger partial charge on any atom is -0.438 e. The maximum Gasteiger partial charge on any atom is 0.289 e. The van der Waals surface area contributed by atoms with Crippen LogP contribution < -0.4 is 4.72 Å². The molecule has 20 heavy (non-hydrogen) atoms. The normalized spacial score (nSPS) is 14.1. The molecular weight excluding hydrogens is 280 g/mol. The molecule has 0 bridgehead atoms. The molecule has 7 heteroatoms. The lowest BCUT2D eigenvalue weighted by Crippen LogP contribution is -2.42. The van der Waals surface area contributed by atoms with Crippen molar-refractivity contribution in [2.75, 3.05) is 14.1 Å². The number of nitrogens with one attached hydrogen (secondary N) is 1. The number of carbonyl (C=O) groups excluding carboxylic acids is 1. The van der Waals surface area contributed by atoms with E-state index in [4.69, 9.17) is 4.42 Å². The standard InChI is InChI=1S/C13H22N2O4S/c1-9(13(2,3)4)15(6)12(16)10-7-8-11(19-10)20(17,18)14-5/h7-9,14H,1-6H3. The van der Waals surface area contributed by atoms with Gasteiger partial charge in [-0.2, -0.15) is 0 Å². The number of sulfonamides is 1. The molecule has 1 rings (SSSR count). The van der Waals surface area contributed by atoms with Gasteiger partial charge in [0.15, 0.2) is 5.76 Å². The van der Waals surface area contributed by atoms with Crippen molar-refractivity contribution >= 4 is 15.9 Å². The van der Waals surface area contributed by atoms with Crippen molar-refractivity contribution in [3.8, 4) is 0 Å². The fourth-order valence-electron chi connectivity index (χ4n) is 1.61. The number of nitrogens with zero attached hydrogens (tertiary/aromatic N) is 1. The molecule has 0 fully saturated rings. The predicted molar refractivity (Wildman–Crippen MR) is 76.0 cm³/mol. The van der Waals surface area contributed by atoms with Crippen molar-refractivity contribution in [2.45, 2.75) is 38.8 Å². The Labute approximate surface area is 120 Å². The molecule has 0 aliphatic heterocycles. The maximum atomic E-state index is 12.3. The number of carbonyl (C=O) groups is 1. The van der Waals surface area contributed by atoms with Gasteiger partial charge in [-0.15, -0.1) is 0 Å². The maximum absolute atomic E-state index is 12.3. The Morgan fingerprint density at radius 2 is 1.90 bits per heavy atom. The van der Waals surface area contributed by atoms with E-state index in [1.54, 1.807) is 11.9 Å². The van der Waals surface area contributed by atoms with Crippen LogP contribution >= 0.6 is 0 Å². The van der Waals surface area contributed by atoms with Gasteiger partial charge in [0.25, 0.3) is 15.9 Å². The van der Waals surface area contributed by atoms with Crippen LogP contribution in [0.5, 0.6) is 0 Å². The van der Waals surface area contributed by atoms with Crippen molar-refractivity contribution in [1.29, 1.82) is 0 Å². The highest BCUT2D eigenvalue weighted by atomic mass is 32.2. The molecule has 0 spiro atoms. The number of rotatable bonds is 4. The molecule has 1 atom stereocenters. The second-order valence-electron chi connectivity index (χ2n) is 5.78. The van der Waals surface area contributed by atoms with E-state index in [0.717, 1.165) is 0 Å². The van der Waals surface area contributed by atoms with Gasteiger partial charge in [-0.1, -0.05) is 20.8 Å². The Morgan fingerprint density at radius 3 is 2.35 bits per heavy atom. The van der Waals surface area contributed by atoms with E-state index < -0.39 is 10.0 Å². The first-order valence-electron chi connectivity index (χ1n) is 6.31. The smallest absolute Gasteiger partial charge is 0.289 e. The summed E-state index contributed by atoms with van der Waals surface area (Å²) >= 11 is 0. The molecule has 0 radical (unpaired) electrons. The molecule has 1 aromatic rings. The van der Waals surface area contributed by atoms with Gasteiger partial charge < -0.3 is 9.32 Å². The van der Waals surface area contributed by atoms with Gasteiger partial charge in [-0.05, 0) is 31.5 Å².